The van der Waals surface area contributed by atoms with Gasteiger partial charge < -0.3 is 19.9 Å². The van der Waals surface area contributed by atoms with Crippen molar-refractivity contribution < 1.29 is 19.1 Å². The summed E-state index contributed by atoms with van der Waals surface area (Å²) in [6.45, 7) is 9.20. The summed E-state index contributed by atoms with van der Waals surface area (Å²) in [6, 6.07) is 14.1. The molecule has 0 spiro atoms. The van der Waals surface area contributed by atoms with Gasteiger partial charge in [-0.25, -0.2) is 9.97 Å². The van der Waals surface area contributed by atoms with Gasteiger partial charge in [-0.15, -0.1) is 11.3 Å². The summed E-state index contributed by atoms with van der Waals surface area (Å²) in [4.78, 5) is 38.4. The van der Waals surface area contributed by atoms with E-state index in [1.54, 1.807) is 29.2 Å². The minimum atomic E-state index is -0.596. The molecule has 12 heteroatoms. The lowest BCUT2D eigenvalue weighted by Crippen LogP contribution is -2.39. The molecule has 1 fully saturated rings. The second kappa shape index (κ2) is 13.9. The monoisotopic (exact) mass is 643 g/mol. The lowest BCUT2D eigenvalue weighted by Gasteiger charge is -2.26. The van der Waals surface area contributed by atoms with Crippen LogP contribution in [0.25, 0.3) is 21.5 Å². The molecule has 3 N–H and O–H groups in total. The summed E-state index contributed by atoms with van der Waals surface area (Å²) in [5.41, 5.74) is 2.85. The van der Waals surface area contributed by atoms with Crippen LogP contribution >= 0.6 is 11.3 Å². The molecule has 5 rings (SSSR count). The predicted octanol–water partition coefficient (Wildman–Crippen LogP) is 5.51. The number of pyridine rings is 1. The highest BCUT2D eigenvalue weighted by Crippen LogP contribution is 2.31. The molecule has 0 radical (unpaired) electrons. The Bertz CT molecular complexity index is 1820. The van der Waals surface area contributed by atoms with Crippen LogP contribution in [-0.4, -0.2) is 61.6 Å². The van der Waals surface area contributed by atoms with Gasteiger partial charge in [0.15, 0.2) is 0 Å². The number of hydrogen-bond acceptors (Lipinski definition) is 8. The van der Waals surface area contributed by atoms with Crippen molar-refractivity contribution in [3.8, 4) is 16.5 Å². The number of nitrogens with zero attached hydrogens (tertiary/aromatic N) is 5. The third-order valence-corrected chi connectivity index (χ3v) is 8.90. The number of amides is 2. The number of likely N-dealkylation sites (tertiary alicyclic amines) is 1. The van der Waals surface area contributed by atoms with Crippen molar-refractivity contribution in [1.29, 1.82) is 5.26 Å². The van der Waals surface area contributed by atoms with Crippen LogP contribution in [-0.2, 0) is 17.9 Å². The average Bonchev–Trinajstić information content (AvgIpc) is 3.77. The molecule has 2 atom stereocenters. The summed E-state index contributed by atoms with van der Waals surface area (Å²) in [5, 5.41) is 25.4. The molecule has 4 aromatic rings. The summed E-state index contributed by atoms with van der Waals surface area (Å²) in [6.07, 6.45) is 4.64. The molecule has 1 saturated heterocycles. The number of aliphatic hydroxyl groups excluding tert-OH is 1. The van der Waals surface area contributed by atoms with E-state index in [0.717, 1.165) is 28.8 Å². The SMILES string of the molecule is CC(CO)NCc1ccc2c(c1)nc(NC(=O)c1ccc(-c3ccnc(F)c3)s1)n2CC1CCCN1C(=O)C(C#N)=CC(C)(C)C. The highest BCUT2D eigenvalue weighted by molar-refractivity contribution is 7.17. The summed E-state index contributed by atoms with van der Waals surface area (Å²) >= 11 is 1.23. The molecule has 4 heterocycles. The molecule has 2 amide bonds. The molecule has 0 bridgehead atoms. The zero-order valence-electron chi connectivity index (χ0n) is 26.4. The number of benzene rings is 1. The van der Waals surface area contributed by atoms with E-state index in [-0.39, 0.29) is 41.5 Å². The first-order chi connectivity index (χ1) is 22.0. The molecule has 1 aliphatic heterocycles. The number of hydrogen-bond donors (Lipinski definition) is 3. The third kappa shape index (κ3) is 7.67. The number of fused-ring (bicyclic) bond motifs is 1. The molecule has 2 unspecified atom stereocenters. The van der Waals surface area contributed by atoms with E-state index >= 15 is 0 Å². The van der Waals surface area contributed by atoms with Gasteiger partial charge in [-0.05, 0) is 66.6 Å². The predicted molar refractivity (Wildman–Crippen MR) is 176 cm³/mol. The first kappa shape index (κ1) is 32.9. The van der Waals surface area contributed by atoms with Gasteiger partial charge in [0.05, 0.1) is 28.6 Å². The van der Waals surface area contributed by atoms with Gasteiger partial charge in [-0.2, -0.15) is 9.65 Å². The Morgan fingerprint density at radius 3 is 2.76 bits per heavy atom. The van der Waals surface area contributed by atoms with Gasteiger partial charge >= 0.3 is 0 Å². The normalized spacial score (nSPS) is 16.1. The number of carbonyl (C=O) groups is 2. The highest BCUT2D eigenvalue weighted by Gasteiger charge is 2.32. The Labute approximate surface area is 271 Å². The number of carbonyl (C=O) groups excluding carboxylic acids is 2. The summed E-state index contributed by atoms with van der Waals surface area (Å²) < 4.78 is 15.6. The molecular formula is C34H38FN7O3S. The minimum absolute atomic E-state index is 0.0165. The summed E-state index contributed by atoms with van der Waals surface area (Å²) in [7, 11) is 0. The highest BCUT2D eigenvalue weighted by atomic mass is 32.1. The molecule has 1 aromatic carbocycles. The van der Waals surface area contributed by atoms with Crippen LogP contribution in [0.1, 0.15) is 55.8 Å². The quantitative estimate of drug-likeness (QED) is 0.118. The molecule has 240 valence electrons. The molecule has 46 heavy (non-hydrogen) atoms. The van der Waals surface area contributed by atoms with Gasteiger partial charge in [-0.1, -0.05) is 32.9 Å². The number of thiophene rings is 1. The van der Waals surface area contributed by atoms with Crippen molar-refractivity contribution in [1.82, 2.24) is 24.8 Å². The second-order valence-corrected chi connectivity index (χ2v) is 13.7. The number of aromatic nitrogens is 3. The Balaban J connectivity index is 1.46. The lowest BCUT2D eigenvalue weighted by molar-refractivity contribution is -0.127. The van der Waals surface area contributed by atoms with Gasteiger partial charge in [-0.3, -0.25) is 14.9 Å². The third-order valence-electron chi connectivity index (χ3n) is 7.77. The Morgan fingerprint density at radius 2 is 2.04 bits per heavy atom. The van der Waals surface area contributed by atoms with Gasteiger partial charge in [0.1, 0.15) is 11.6 Å². The smallest absolute Gasteiger partial charge is 0.268 e. The number of nitrogens with one attached hydrogen (secondary N) is 2. The first-order valence-corrected chi connectivity index (χ1v) is 16.1. The van der Waals surface area contributed by atoms with Crippen LogP contribution in [0.3, 0.4) is 0 Å². The number of nitriles is 1. The van der Waals surface area contributed by atoms with Crippen molar-refractivity contribution in [3.05, 3.63) is 76.7 Å². The van der Waals surface area contributed by atoms with Crippen molar-refractivity contribution in [2.24, 2.45) is 5.41 Å². The van der Waals surface area contributed by atoms with Crippen molar-refractivity contribution in [3.63, 3.8) is 0 Å². The van der Waals surface area contributed by atoms with Crippen LogP contribution in [0.15, 0.2) is 60.3 Å². The molecule has 1 aliphatic rings. The van der Waals surface area contributed by atoms with Crippen LogP contribution in [0, 0.1) is 22.7 Å². The van der Waals surface area contributed by atoms with Crippen LogP contribution in [0.5, 0.6) is 0 Å². The molecule has 0 saturated carbocycles. The maximum absolute atomic E-state index is 13.7. The summed E-state index contributed by atoms with van der Waals surface area (Å²) in [5.74, 6) is -0.912. The maximum Gasteiger partial charge on any atom is 0.268 e. The van der Waals surface area contributed by atoms with Crippen LogP contribution in [0.2, 0.25) is 0 Å². The maximum atomic E-state index is 13.7. The van der Waals surface area contributed by atoms with Crippen molar-refractivity contribution in [2.45, 2.75) is 65.7 Å². The Morgan fingerprint density at radius 1 is 1.24 bits per heavy atom. The fourth-order valence-corrected chi connectivity index (χ4v) is 6.39. The number of rotatable bonds is 10. The van der Waals surface area contributed by atoms with E-state index in [1.807, 2.05) is 50.5 Å². The van der Waals surface area contributed by atoms with E-state index in [1.165, 1.54) is 23.6 Å². The minimum Gasteiger partial charge on any atom is -0.395 e. The molecule has 10 nitrogen and oxygen atoms in total. The van der Waals surface area contributed by atoms with E-state index in [2.05, 4.69) is 21.7 Å². The largest absolute Gasteiger partial charge is 0.395 e. The topological polar surface area (TPSA) is 136 Å². The number of anilines is 1. The number of aliphatic hydroxyl groups is 1. The van der Waals surface area contributed by atoms with E-state index in [0.29, 0.717) is 41.5 Å². The molecule has 3 aromatic heterocycles. The van der Waals surface area contributed by atoms with E-state index < -0.39 is 5.95 Å². The fraction of sp³-hybridized carbons (Fsp3) is 0.382. The van der Waals surface area contributed by atoms with Crippen molar-refractivity contribution >= 4 is 40.1 Å². The number of halogens is 1. The van der Waals surface area contributed by atoms with E-state index in [4.69, 9.17) is 4.98 Å². The second-order valence-electron chi connectivity index (χ2n) is 12.6. The average molecular weight is 644 g/mol. The number of imidazole rings is 1. The van der Waals surface area contributed by atoms with Gasteiger partial charge in [0.2, 0.25) is 11.9 Å². The molecule has 0 aliphatic carbocycles. The van der Waals surface area contributed by atoms with E-state index in [9.17, 15) is 24.3 Å². The fourth-order valence-electron chi connectivity index (χ4n) is 5.49. The zero-order valence-corrected chi connectivity index (χ0v) is 27.2. The number of allylic oxidation sites excluding steroid dienone is 1. The van der Waals surface area contributed by atoms with Crippen LogP contribution in [0.4, 0.5) is 10.3 Å². The Kier molecular flexibility index (Phi) is 9.96. The standard InChI is InChI=1S/C34H38FN7O3S/c1-21(20-43)38-18-22-7-8-27-26(14-22)39-33(40-31(44)29-10-9-28(46-29)23-11-12-37-30(35)15-23)42(27)19-25-6-5-13-41(25)32(45)24(17-36)16-34(2,3)4/h7-12,14-16,21,25,38,43H,5-6,13,18-20H2,1-4H3,(H,39,40,44). The van der Waals surface area contributed by atoms with Crippen LogP contribution < -0.4 is 10.6 Å². The Hall–Kier alpha value is -4.44. The van der Waals surface area contributed by atoms with Gasteiger partial charge in [0.25, 0.3) is 11.8 Å². The zero-order chi connectivity index (χ0) is 33.0. The van der Waals surface area contributed by atoms with Crippen molar-refractivity contribution in [2.75, 3.05) is 18.5 Å². The first-order valence-electron chi connectivity index (χ1n) is 15.3. The van der Waals surface area contributed by atoms with Gasteiger partial charge in [0, 0.05) is 42.8 Å². The lowest BCUT2D eigenvalue weighted by atomic mass is 9.93. The molecular weight excluding hydrogens is 605 g/mol.